The molecule has 24 heavy (non-hydrogen) atoms. The van der Waals surface area contributed by atoms with Crippen molar-refractivity contribution in [1.82, 2.24) is 4.90 Å². The Bertz CT molecular complexity index is 1250. The molecule has 11 aliphatic heterocycles. The van der Waals surface area contributed by atoms with Crippen LogP contribution in [0.25, 0.3) is 0 Å². The summed E-state index contributed by atoms with van der Waals surface area (Å²) in [5.41, 5.74) is 1.72. The molecule has 11 fully saturated rings. The van der Waals surface area contributed by atoms with Crippen molar-refractivity contribution in [3.8, 4) is 0 Å². The van der Waals surface area contributed by atoms with Gasteiger partial charge in [-0.05, 0) is 0 Å². The van der Waals surface area contributed by atoms with Gasteiger partial charge in [-0.15, -0.1) is 0 Å². The van der Waals surface area contributed by atoms with Gasteiger partial charge in [-0.2, -0.15) is 0 Å². The first kappa shape index (κ1) is 10.5. The summed E-state index contributed by atoms with van der Waals surface area (Å²) >= 11 is 4.00. The molecule has 0 aromatic heterocycles. The first-order valence-corrected chi connectivity index (χ1v) is 17.3. The van der Waals surface area contributed by atoms with Crippen LogP contribution >= 0.6 is 15.9 Å². The SMILES string of the molecule is Brc1ccccc1C(N1CCCC1)[C]12[CH]3[CH]4[CH]5[CH]1[Fe]45321678[CH]2[CH]1[CH]6[CH]7[CH]28. The molecular formula is C21H22BrFeN. The standard InChI is InChI=1S/C16H17BrN.C5H5.Fe/c17-15-10-4-3-9-14(15)16(13-7-1-2-8-13)18-11-5-6-12-18;1-2-4-5-3-1;/h1-4,7-10,16H,5-6,11-12H2;1-5H;. The van der Waals surface area contributed by atoms with Crippen molar-refractivity contribution in [2.75, 3.05) is 13.1 Å². The third-order valence-corrected chi connectivity index (χ3v) is 61.3. The Morgan fingerprint density at radius 3 is 1.96 bits per heavy atom. The molecule has 0 bridgehead atoms. The van der Waals surface area contributed by atoms with E-state index in [1.54, 1.807) is 5.56 Å². The van der Waals surface area contributed by atoms with E-state index in [9.17, 15) is 0 Å². The minimum absolute atomic E-state index is 0.851. The number of rotatable bonds is 3. The van der Waals surface area contributed by atoms with E-state index in [1.165, 1.54) is 73.8 Å². The fourth-order valence-corrected chi connectivity index (χ4v) is 94.9. The predicted molar refractivity (Wildman–Crippen MR) is 94.1 cm³/mol. The van der Waals surface area contributed by atoms with Crippen LogP contribution in [0.2, 0.25) is 47.7 Å². The summed E-state index contributed by atoms with van der Waals surface area (Å²) in [6.45, 7) is -0.265. The predicted octanol–water partition coefficient (Wildman–Crippen LogP) is 6.35. The Balaban J connectivity index is 1.28. The molecular weight excluding hydrogens is 402 g/mol. The van der Waals surface area contributed by atoms with Gasteiger partial charge in [0.25, 0.3) is 0 Å². The second-order valence-corrected chi connectivity index (χ2v) is 37.9. The summed E-state index contributed by atoms with van der Waals surface area (Å²) in [4.78, 5) is 16.0. The van der Waals surface area contributed by atoms with Crippen molar-refractivity contribution in [3.63, 3.8) is 0 Å². The summed E-state index contributed by atoms with van der Waals surface area (Å²) in [7, 11) is 0. The number of hydrogen-bond acceptors (Lipinski definition) is 1. The second-order valence-electron chi connectivity index (χ2n) is 13.4. The van der Waals surface area contributed by atoms with Crippen LogP contribution in [0.3, 0.4) is 0 Å². The fraction of sp³-hybridized carbons (Fsp3) is 0.714. The van der Waals surface area contributed by atoms with E-state index in [0.717, 1.165) is 10.4 Å². The molecule has 11 saturated heterocycles. The average Bonchev–Trinajstić information content (AvgIpc) is 3.48. The topological polar surface area (TPSA) is 3.24 Å². The second kappa shape index (κ2) is 1.18. The van der Waals surface area contributed by atoms with Gasteiger partial charge < -0.3 is 0 Å². The molecule has 1 spiro atoms. The van der Waals surface area contributed by atoms with E-state index in [1.807, 2.05) is 0 Å². The zero-order valence-corrected chi connectivity index (χ0v) is 16.3. The third kappa shape index (κ3) is 0.166. The molecule has 0 radical (unpaired) electrons. The van der Waals surface area contributed by atoms with E-state index in [2.05, 4.69) is 45.1 Å². The maximum atomic E-state index is 4.00. The summed E-state index contributed by atoms with van der Waals surface area (Å²) in [5, 5.41) is 0. The number of benzene rings is 1. The fourth-order valence-electron chi connectivity index (χ4n) is 19.5. The van der Waals surface area contributed by atoms with Gasteiger partial charge in [-0.3, -0.25) is 0 Å². The molecule has 11 aliphatic rings. The number of fused-ring (bicyclic) bond motifs is 10. The first-order valence-electron chi connectivity index (χ1n) is 10.2. The van der Waals surface area contributed by atoms with Crippen molar-refractivity contribution < 1.29 is 6.51 Å². The van der Waals surface area contributed by atoms with Crippen molar-refractivity contribution in [1.29, 1.82) is 0 Å². The zero-order valence-electron chi connectivity index (χ0n) is 13.6. The van der Waals surface area contributed by atoms with Crippen LogP contribution in [0.15, 0.2) is 28.7 Å². The third-order valence-electron chi connectivity index (χ3n) is 17.9. The molecule has 0 saturated carbocycles. The normalized spacial score (nSPS) is 93.3. The summed E-state index contributed by atoms with van der Waals surface area (Å²) in [6.07, 6.45) is 2.90. The number of likely N-dealkylation sites (tertiary alicyclic amines) is 1. The minimum atomic E-state index is -3.05. The molecule has 1 aromatic rings. The van der Waals surface area contributed by atoms with Gasteiger partial charge >= 0.3 is 141 Å². The number of nitrogens with zero attached hydrogens (tertiary/aromatic N) is 1. The summed E-state index contributed by atoms with van der Waals surface area (Å²) < 4.78 is 2.39. The van der Waals surface area contributed by atoms with Crippen LogP contribution in [0, 0.1) is 0 Å². The average molecular weight is 424 g/mol. The van der Waals surface area contributed by atoms with Gasteiger partial charge in [0.15, 0.2) is 0 Å². The molecule has 5 unspecified atom stereocenters. The molecule has 1 aromatic carbocycles. The number of halogens is 1. The zero-order chi connectivity index (χ0) is 15.0. The first-order chi connectivity index (χ1) is 11.5. The van der Waals surface area contributed by atoms with Gasteiger partial charge in [0, 0.05) is 0 Å². The van der Waals surface area contributed by atoms with Crippen molar-refractivity contribution in [2.45, 2.75) is 66.5 Å². The van der Waals surface area contributed by atoms with Gasteiger partial charge in [-0.1, -0.05) is 0 Å². The molecule has 11 heterocycles. The molecule has 126 valence electrons. The summed E-state index contributed by atoms with van der Waals surface area (Å²) in [5.74, 6) is 0. The van der Waals surface area contributed by atoms with E-state index >= 15 is 0 Å². The van der Waals surface area contributed by atoms with Crippen molar-refractivity contribution >= 4 is 15.9 Å². The Hall–Kier alpha value is 0.179. The molecule has 5 atom stereocenters. The van der Waals surface area contributed by atoms with Crippen LogP contribution in [0.4, 0.5) is 0 Å². The Labute approximate surface area is 141 Å². The van der Waals surface area contributed by atoms with Crippen molar-refractivity contribution in [3.05, 3.63) is 34.3 Å². The maximum absolute atomic E-state index is 4.00. The van der Waals surface area contributed by atoms with Crippen molar-refractivity contribution in [2.24, 2.45) is 0 Å². The quantitative estimate of drug-likeness (QED) is 0.512. The van der Waals surface area contributed by atoms with Gasteiger partial charge in [0.1, 0.15) is 0 Å². The molecule has 0 amide bonds. The van der Waals surface area contributed by atoms with Gasteiger partial charge in [0.2, 0.25) is 0 Å². The van der Waals surface area contributed by atoms with Gasteiger partial charge in [0.05, 0.1) is 0 Å². The molecule has 1 nitrogen and oxygen atoms in total. The Kier molecular flexibility index (Phi) is 0.517. The van der Waals surface area contributed by atoms with E-state index in [-0.39, 0.29) is 0 Å². The summed E-state index contributed by atoms with van der Waals surface area (Å²) in [6, 6.07) is 10.3. The molecule has 12 rings (SSSR count). The van der Waals surface area contributed by atoms with Crippen LogP contribution in [-0.2, 0) is 6.51 Å². The van der Waals surface area contributed by atoms with Crippen LogP contribution in [-0.4, -0.2) is 18.0 Å². The van der Waals surface area contributed by atoms with Crippen LogP contribution in [0.5, 0.6) is 0 Å². The van der Waals surface area contributed by atoms with Gasteiger partial charge in [-0.25, -0.2) is 0 Å². The van der Waals surface area contributed by atoms with E-state index in [4.69, 9.17) is 0 Å². The molecule has 3 heteroatoms. The number of hydrogen-bond donors (Lipinski definition) is 0. The van der Waals surface area contributed by atoms with E-state index in [0.29, 0.717) is 0 Å². The molecule has 0 aliphatic carbocycles. The Morgan fingerprint density at radius 1 is 0.917 bits per heavy atom. The van der Waals surface area contributed by atoms with Crippen LogP contribution in [0.1, 0.15) is 24.4 Å². The molecule has 0 N–H and O–H groups in total. The monoisotopic (exact) mass is 423 g/mol. The Morgan fingerprint density at radius 2 is 1.50 bits per heavy atom. The van der Waals surface area contributed by atoms with Crippen LogP contribution < -0.4 is 0 Å². The van der Waals surface area contributed by atoms with E-state index < -0.39 is 6.51 Å².